The molecule has 0 N–H and O–H groups in total. The summed E-state index contributed by atoms with van der Waals surface area (Å²) < 4.78 is 12.1. The lowest BCUT2D eigenvalue weighted by molar-refractivity contribution is -0.144. The van der Waals surface area contributed by atoms with Crippen LogP contribution < -0.4 is 0 Å². The molecule has 2 aliphatic heterocycles. The Hall–Kier alpha value is -1.01. The van der Waals surface area contributed by atoms with E-state index in [0.717, 1.165) is 45.9 Å². The summed E-state index contributed by atoms with van der Waals surface area (Å²) in [7, 11) is 0. The van der Waals surface area contributed by atoms with Gasteiger partial charge in [0.15, 0.2) is 0 Å². The van der Waals surface area contributed by atoms with Crippen LogP contribution in [0.2, 0.25) is 0 Å². The lowest BCUT2D eigenvalue weighted by Gasteiger charge is -2.44. The first-order valence-electron chi connectivity index (χ1n) is 8.24. The molecule has 0 unspecified atom stereocenters. The Morgan fingerprint density at radius 3 is 2.95 bits per heavy atom. The lowest BCUT2D eigenvalue weighted by Crippen LogP contribution is -2.59. The van der Waals surface area contributed by atoms with Crippen LogP contribution >= 0.6 is 0 Å². The molecular weight excluding hydrogens is 278 g/mol. The SMILES string of the molecule is CC(C)N1CCOC[C@]2(CN(Cc3cccnc3)CCO2)C1. The van der Waals surface area contributed by atoms with Gasteiger partial charge in [-0.05, 0) is 25.5 Å². The van der Waals surface area contributed by atoms with Gasteiger partial charge in [-0.15, -0.1) is 0 Å². The molecule has 122 valence electrons. The number of nitrogens with zero attached hydrogens (tertiary/aromatic N) is 3. The molecule has 0 amide bonds. The number of rotatable bonds is 3. The molecule has 0 aromatic carbocycles. The molecule has 22 heavy (non-hydrogen) atoms. The first kappa shape index (κ1) is 15.9. The van der Waals surface area contributed by atoms with Gasteiger partial charge >= 0.3 is 0 Å². The Morgan fingerprint density at radius 1 is 1.27 bits per heavy atom. The number of aromatic nitrogens is 1. The van der Waals surface area contributed by atoms with E-state index in [0.29, 0.717) is 12.6 Å². The van der Waals surface area contributed by atoms with Crippen LogP contribution in [0, 0.1) is 0 Å². The van der Waals surface area contributed by atoms with Gasteiger partial charge in [0, 0.05) is 51.2 Å². The third-order valence-corrected chi connectivity index (χ3v) is 4.57. The zero-order valence-electron chi connectivity index (χ0n) is 13.7. The first-order valence-corrected chi connectivity index (χ1v) is 8.24. The molecular formula is C17H27N3O2. The molecule has 0 bridgehead atoms. The topological polar surface area (TPSA) is 37.8 Å². The van der Waals surface area contributed by atoms with Gasteiger partial charge in [0.05, 0.1) is 19.8 Å². The Balaban J connectivity index is 1.68. The van der Waals surface area contributed by atoms with E-state index < -0.39 is 0 Å². The molecule has 2 fully saturated rings. The molecule has 1 spiro atoms. The van der Waals surface area contributed by atoms with Crippen molar-refractivity contribution in [2.45, 2.75) is 32.0 Å². The van der Waals surface area contributed by atoms with Gasteiger partial charge in [-0.25, -0.2) is 0 Å². The minimum absolute atomic E-state index is 0.193. The second-order valence-electron chi connectivity index (χ2n) is 6.72. The Kier molecular flexibility index (Phi) is 5.08. The van der Waals surface area contributed by atoms with Crippen LogP contribution in [0.5, 0.6) is 0 Å². The van der Waals surface area contributed by atoms with Crippen molar-refractivity contribution in [3.63, 3.8) is 0 Å². The standard InChI is InChI=1S/C17H27N3O2/c1-15(2)20-7-8-21-14-17(13-20)12-19(6-9-22-17)11-16-4-3-5-18-10-16/h3-5,10,15H,6-9,11-14H2,1-2H3/t17-/m0/s1. The lowest BCUT2D eigenvalue weighted by atomic mass is 10.0. The number of ether oxygens (including phenoxy) is 2. The monoisotopic (exact) mass is 305 g/mol. The van der Waals surface area contributed by atoms with E-state index in [1.54, 1.807) is 0 Å². The van der Waals surface area contributed by atoms with Gasteiger partial charge in [-0.1, -0.05) is 6.07 Å². The van der Waals surface area contributed by atoms with Gasteiger partial charge in [0.25, 0.3) is 0 Å². The van der Waals surface area contributed by atoms with Crippen molar-refractivity contribution in [3.05, 3.63) is 30.1 Å². The van der Waals surface area contributed by atoms with Crippen molar-refractivity contribution in [2.75, 3.05) is 46.0 Å². The van der Waals surface area contributed by atoms with E-state index in [1.165, 1.54) is 5.56 Å². The summed E-state index contributed by atoms with van der Waals surface area (Å²) in [5.74, 6) is 0. The normalized spacial score (nSPS) is 28.1. The number of morpholine rings is 1. The average molecular weight is 305 g/mol. The summed E-state index contributed by atoms with van der Waals surface area (Å²) in [4.78, 5) is 9.15. The molecule has 0 saturated carbocycles. The molecule has 5 nitrogen and oxygen atoms in total. The van der Waals surface area contributed by atoms with Crippen molar-refractivity contribution in [1.82, 2.24) is 14.8 Å². The summed E-state index contributed by atoms with van der Waals surface area (Å²) in [5, 5.41) is 0. The largest absolute Gasteiger partial charge is 0.377 e. The number of hydrogen-bond donors (Lipinski definition) is 0. The Labute approximate surface area is 133 Å². The minimum atomic E-state index is -0.193. The van der Waals surface area contributed by atoms with E-state index in [2.05, 4.69) is 34.7 Å². The molecule has 0 aliphatic carbocycles. The van der Waals surface area contributed by atoms with Crippen LogP contribution in [0.3, 0.4) is 0 Å². The van der Waals surface area contributed by atoms with E-state index in [1.807, 2.05) is 18.5 Å². The van der Waals surface area contributed by atoms with Crippen LogP contribution in [0.4, 0.5) is 0 Å². The maximum atomic E-state index is 6.21. The maximum absolute atomic E-state index is 6.21. The van der Waals surface area contributed by atoms with Crippen LogP contribution in [-0.2, 0) is 16.0 Å². The quantitative estimate of drug-likeness (QED) is 0.844. The summed E-state index contributed by atoms with van der Waals surface area (Å²) >= 11 is 0. The molecule has 1 aromatic heterocycles. The number of hydrogen-bond acceptors (Lipinski definition) is 5. The van der Waals surface area contributed by atoms with Crippen molar-refractivity contribution < 1.29 is 9.47 Å². The highest BCUT2D eigenvalue weighted by molar-refractivity contribution is 5.09. The van der Waals surface area contributed by atoms with Crippen molar-refractivity contribution >= 4 is 0 Å². The first-order chi connectivity index (χ1) is 10.7. The predicted octanol–water partition coefficient (Wildman–Crippen LogP) is 1.39. The molecule has 1 aromatic rings. The third kappa shape index (κ3) is 3.84. The summed E-state index contributed by atoms with van der Waals surface area (Å²) in [6.45, 7) is 11.5. The third-order valence-electron chi connectivity index (χ3n) is 4.57. The summed E-state index contributed by atoms with van der Waals surface area (Å²) in [6, 6.07) is 4.66. The number of pyridine rings is 1. The van der Waals surface area contributed by atoms with E-state index >= 15 is 0 Å². The molecule has 0 radical (unpaired) electrons. The zero-order chi connectivity index (χ0) is 15.4. The molecule has 3 heterocycles. The van der Waals surface area contributed by atoms with Crippen LogP contribution in [0.25, 0.3) is 0 Å². The summed E-state index contributed by atoms with van der Waals surface area (Å²) in [5.41, 5.74) is 1.07. The van der Waals surface area contributed by atoms with E-state index in [4.69, 9.17) is 9.47 Å². The van der Waals surface area contributed by atoms with Crippen LogP contribution in [-0.4, -0.2) is 72.4 Å². The van der Waals surface area contributed by atoms with Gasteiger partial charge in [0.1, 0.15) is 5.60 Å². The van der Waals surface area contributed by atoms with Gasteiger partial charge in [-0.2, -0.15) is 0 Å². The fourth-order valence-electron chi connectivity index (χ4n) is 3.37. The Morgan fingerprint density at radius 2 is 2.18 bits per heavy atom. The van der Waals surface area contributed by atoms with Crippen molar-refractivity contribution in [1.29, 1.82) is 0 Å². The van der Waals surface area contributed by atoms with E-state index in [-0.39, 0.29) is 5.60 Å². The zero-order valence-corrected chi connectivity index (χ0v) is 13.7. The molecule has 1 atom stereocenters. The highest BCUT2D eigenvalue weighted by Gasteiger charge is 2.40. The molecule has 5 heteroatoms. The van der Waals surface area contributed by atoms with Crippen LogP contribution in [0.1, 0.15) is 19.4 Å². The van der Waals surface area contributed by atoms with Gasteiger partial charge < -0.3 is 9.47 Å². The second kappa shape index (κ2) is 7.04. The summed E-state index contributed by atoms with van der Waals surface area (Å²) in [6.07, 6.45) is 3.77. The minimum Gasteiger partial charge on any atom is -0.377 e. The molecule has 2 saturated heterocycles. The van der Waals surface area contributed by atoms with Crippen LogP contribution in [0.15, 0.2) is 24.5 Å². The predicted molar refractivity (Wildman–Crippen MR) is 85.7 cm³/mol. The molecule has 3 rings (SSSR count). The maximum Gasteiger partial charge on any atom is 0.117 e. The van der Waals surface area contributed by atoms with Gasteiger partial charge in [-0.3, -0.25) is 14.8 Å². The molecule has 2 aliphatic rings. The highest BCUT2D eigenvalue weighted by atomic mass is 16.5. The fourth-order valence-corrected chi connectivity index (χ4v) is 3.37. The van der Waals surface area contributed by atoms with E-state index in [9.17, 15) is 0 Å². The second-order valence-corrected chi connectivity index (χ2v) is 6.72. The van der Waals surface area contributed by atoms with Crippen molar-refractivity contribution in [3.8, 4) is 0 Å². The van der Waals surface area contributed by atoms with Crippen molar-refractivity contribution in [2.24, 2.45) is 0 Å². The smallest absolute Gasteiger partial charge is 0.117 e. The average Bonchev–Trinajstić information content (AvgIpc) is 2.71. The highest BCUT2D eigenvalue weighted by Crippen LogP contribution is 2.24. The Bertz CT molecular complexity index is 468. The van der Waals surface area contributed by atoms with Gasteiger partial charge in [0.2, 0.25) is 0 Å². The fraction of sp³-hybridized carbons (Fsp3) is 0.706.